The Balaban J connectivity index is 1.97. The number of rotatable bonds is 5. The van der Waals surface area contributed by atoms with E-state index in [0.717, 1.165) is 0 Å². The van der Waals surface area contributed by atoms with E-state index in [-0.39, 0.29) is 12.5 Å². The van der Waals surface area contributed by atoms with Crippen molar-refractivity contribution >= 4 is 11.8 Å². The van der Waals surface area contributed by atoms with Crippen LogP contribution in [0.2, 0.25) is 0 Å². The molecule has 0 saturated heterocycles. The molecule has 2 amide bonds. The van der Waals surface area contributed by atoms with Crippen molar-refractivity contribution in [2.24, 2.45) is 11.7 Å². The zero-order valence-electron chi connectivity index (χ0n) is 16.3. The van der Waals surface area contributed by atoms with Gasteiger partial charge in [-0.05, 0) is 62.8 Å². The Hall–Kier alpha value is -2.88. The number of carbonyl (C=O) groups is 2. The molecule has 1 aliphatic rings. The van der Waals surface area contributed by atoms with Crippen LogP contribution < -0.4 is 16.5 Å². The van der Waals surface area contributed by atoms with E-state index < -0.39 is 29.0 Å². The summed E-state index contributed by atoms with van der Waals surface area (Å²) in [6.07, 6.45) is 0.883. The molecule has 0 radical (unpaired) electrons. The van der Waals surface area contributed by atoms with Crippen LogP contribution in [0.1, 0.15) is 42.6 Å². The Labute approximate surface area is 169 Å². The van der Waals surface area contributed by atoms with Crippen LogP contribution in [0.3, 0.4) is 0 Å². The zero-order chi connectivity index (χ0) is 21.7. The second-order valence-corrected chi connectivity index (χ2v) is 7.79. The summed E-state index contributed by atoms with van der Waals surface area (Å²) in [5.74, 6) is 9.94. The van der Waals surface area contributed by atoms with Crippen LogP contribution in [0, 0.1) is 29.6 Å². The van der Waals surface area contributed by atoms with Crippen LogP contribution in [0.4, 0.5) is 0 Å². The lowest BCUT2D eigenvalue weighted by atomic mass is 9.72. The quantitative estimate of drug-likeness (QED) is 0.224. The number of benzene rings is 1. The van der Waals surface area contributed by atoms with E-state index in [1.807, 2.05) is 0 Å². The summed E-state index contributed by atoms with van der Waals surface area (Å²) < 4.78 is 0. The summed E-state index contributed by atoms with van der Waals surface area (Å²) in [6, 6.07) is 5.28. The lowest BCUT2D eigenvalue weighted by Gasteiger charge is -2.39. The fourth-order valence-corrected chi connectivity index (χ4v) is 2.90. The molecule has 2 rings (SSSR count). The van der Waals surface area contributed by atoms with Crippen LogP contribution >= 0.6 is 0 Å². The minimum absolute atomic E-state index is 0.0309. The van der Waals surface area contributed by atoms with Crippen molar-refractivity contribution in [3.8, 4) is 23.7 Å². The fraction of sp³-hybridized carbons (Fsp3) is 0.429. The number of carbonyl (C=O) groups excluding carboxylic acids is 2. The monoisotopic (exact) mass is 399 g/mol. The highest BCUT2D eigenvalue weighted by molar-refractivity contribution is 5.97. The molecule has 7 N–H and O–H groups in total. The Kier molecular flexibility index (Phi) is 7.02. The maximum absolute atomic E-state index is 12.4. The van der Waals surface area contributed by atoms with Gasteiger partial charge in [0.15, 0.2) is 0 Å². The van der Waals surface area contributed by atoms with Crippen molar-refractivity contribution in [1.82, 2.24) is 10.8 Å². The van der Waals surface area contributed by atoms with Crippen molar-refractivity contribution < 1.29 is 25.0 Å². The molecule has 0 aromatic heterocycles. The topological polar surface area (TPSA) is 145 Å². The molecule has 1 fully saturated rings. The summed E-state index contributed by atoms with van der Waals surface area (Å²) in [5.41, 5.74) is 6.26. The molecule has 0 spiro atoms. The van der Waals surface area contributed by atoms with E-state index in [0.29, 0.717) is 24.0 Å². The van der Waals surface area contributed by atoms with Crippen molar-refractivity contribution in [2.45, 2.75) is 43.9 Å². The Bertz CT molecular complexity index is 875. The molecular weight excluding hydrogens is 374 g/mol. The van der Waals surface area contributed by atoms with E-state index in [1.165, 1.54) is 5.48 Å². The molecule has 1 aromatic rings. The summed E-state index contributed by atoms with van der Waals surface area (Å²) in [4.78, 5) is 24.1. The summed E-state index contributed by atoms with van der Waals surface area (Å²) in [7, 11) is 0. The number of hydrogen-bond acceptors (Lipinski definition) is 6. The SMILES string of the molecule is CC(C)(N)[C@H](NC(=O)c1ccc(C#CC#CC2CC(O)(CO)C2)cc1)C(=O)NO. The number of nitrogens with one attached hydrogen (secondary N) is 2. The Morgan fingerprint density at radius 3 is 2.41 bits per heavy atom. The highest BCUT2D eigenvalue weighted by Crippen LogP contribution is 2.36. The van der Waals surface area contributed by atoms with Crippen molar-refractivity contribution in [3.05, 3.63) is 35.4 Å². The fourth-order valence-electron chi connectivity index (χ4n) is 2.90. The molecule has 0 unspecified atom stereocenters. The van der Waals surface area contributed by atoms with Gasteiger partial charge in [-0.1, -0.05) is 11.8 Å². The second kappa shape index (κ2) is 9.08. The molecule has 0 bridgehead atoms. The third kappa shape index (κ3) is 6.05. The van der Waals surface area contributed by atoms with Gasteiger partial charge in [0.05, 0.1) is 12.2 Å². The van der Waals surface area contributed by atoms with Crippen molar-refractivity contribution in [1.29, 1.82) is 0 Å². The number of aliphatic hydroxyl groups is 2. The van der Waals surface area contributed by atoms with Crippen LogP contribution in [0.5, 0.6) is 0 Å². The highest BCUT2D eigenvalue weighted by Gasteiger charge is 2.41. The van der Waals surface area contributed by atoms with Crippen LogP contribution in [0.15, 0.2) is 24.3 Å². The van der Waals surface area contributed by atoms with E-state index in [2.05, 4.69) is 29.0 Å². The Morgan fingerprint density at radius 2 is 1.90 bits per heavy atom. The molecule has 8 nitrogen and oxygen atoms in total. The van der Waals surface area contributed by atoms with Gasteiger partial charge in [0.1, 0.15) is 6.04 Å². The highest BCUT2D eigenvalue weighted by atomic mass is 16.5. The molecular formula is C21H25N3O5. The molecule has 1 saturated carbocycles. The number of hydroxylamine groups is 1. The first-order chi connectivity index (χ1) is 13.6. The Morgan fingerprint density at radius 1 is 1.28 bits per heavy atom. The maximum atomic E-state index is 12.4. The number of nitrogens with two attached hydrogens (primary N) is 1. The van der Waals surface area contributed by atoms with E-state index >= 15 is 0 Å². The molecule has 1 aromatic carbocycles. The zero-order valence-corrected chi connectivity index (χ0v) is 16.3. The summed E-state index contributed by atoms with van der Waals surface area (Å²) in [6.45, 7) is 2.85. The summed E-state index contributed by atoms with van der Waals surface area (Å²) >= 11 is 0. The second-order valence-electron chi connectivity index (χ2n) is 7.79. The van der Waals surface area contributed by atoms with Gasteiger partial charge < -0.3 is 21.3 Å². The molecule has 0 heterocycles. The molecule has 0 aliphatic heterocycles. The van der Waals surface area contributed by atoms with Gasteiger partial charge in [-0.3, -0.25) is 14.8 Å². The van der Waals surface area contributed by atoms with Gasteiger partial charge in [0, 0.05) is 22.6 Å². The van der Waals surface area contributed by atoms with Crippen LogP contribution in [-0.4, -0.2) is 51.0 Å². The van der Waals surface area contributed by atoms with E-state index in [9.17, 15) is 14.7 Å². The van der Waals surface area contributed by atoms with Gasteiger partial charge in [0.2, 0.25) is 0 Å². The van der Waals surface area contributed by atoms with E-state index in [1.54, 1.807) is 38.1 Å². The van der Waals surface area contributed by atoms with Crippen LogP contribution in [-0.2, 0) is 4.79 Å². The van der Waals surface area contributed by atoms with Crippen molar-refractivity contribution in [2.75, 3.05) is 6.61 Å². The first-order valence-corrected chi connectivity index (χ1v) is 9.06. The average Bonchev–Trinajstić information content (AvgIpc) is 2.66. The first-order valence-electron chi connectivity index (χ1n) is 9.06. The van der Waals surface area contributed by atoms with Gasteiger partial charge in [-0.25, -0.2) is 5.48 Å². The van der Waals surface area contributed by atoms with Crippen molar-refractivity contribution in [3.63, 3.8) is 0 Å². The van der Waals surface area contributed by atoms with Crippen LogP contribution in [0.25, 0.3) is 0 Å². The molecule has 1 aliphatic carbocycles. The lowest BCUT2D eigenvalue weighted by Crippen LogP contribution is -2.61. The number of aliphatic hydroxyl groups excluding tert-OH is 1. The smallest absolute Gasteiger partial charge is 0.267 e. The average molecular weight is 399 g/mol. The van der Waals surface area contributed by atoms with Gasteiger partial charge >= 0.3 is 0 Å². The van der Waals surface area contributed by atoms with Gasteiger partial charge in [-0.2, -0.15) is 0 Å². The normalized spacial score (nSPS) is 21.4. The van der Waals surface area contributed by atoms with Gasteiger partial charge in [0.25, 0.3) is 11.8 Å². The summed E-state index contributed by atoms with van der Waals surface area (Å²) in [5, 5.41) is 30.0. The largest absolute Gasteiger partial charge is 0.393 e. The first kappa shape index (κ1) is 22.4. The molecule has 154 valence electrons. The molecule has 29 heavy (non-hydrogen) atoms. The maximum Gasteiger partial charge on any atom is 0.267 e. The standard InChI is InChI=1S/C21H25N3O5/c1-20(2,22)17(19(27)24-29)23-18(26)16-9-7-14(8-10-16)5-3-4-6-15-11-21(28,12-15)13-25/h7-10,15,17,25,28-29H,11-13,22H2,1-2H3,(H,23,26)(H,24,27)/t15?,17-,21?/m1/s1. The lowest BCUT2D eigenvalue weighted by molar-refractivity contribution is -0.132. The predicted molar refractivity (Wildman–Crippen MR) is 105 cm³/mol. The van der Waals surface area contributed by atoms with Gasteiger partial charge in [-0.15, -0.1) is 0 Å². The molecule has 8 heteroatoms. The predicted octanol–water partition coefficient (Wildman–Crippen LogP) is -0.484. The minimum Gasteiger partial charge on any atom is -0.393 e. The number of amides is 2. The minimum atomic E-state index is -1.12. The number of hydrogen-bond donors (Lipinski definition) is 6. The third-order valence-electron chi connectivity index (χ3n) is 4.63. The van der Waals surface area contributed by atoms with E-state index in [4.69, 9.17) is 16.0 Å². The molecule has 1 atom stereocenters. The third-order valence-corrected chi connectivity index (χ3v) is 4.63.